The van der Waals surface area contributed by atoms with E-state index in [1.807, 2.05) is 0 Å². The Hall–Kier alpha value is -6.38. The zero-order valence-corrected chi connectivity index (χ0v) is 27.6. The molecule has 0 spiro atoms. The van der Waals surface area contributed by atoms with Crippen LogP contribution in [0.25, 0.3) is 88.4 Å². The van der Waals surface area contributed by atoms with Crippen molar-refractivity contribution in [2.75, 3.05) is 0 Å². The predicted molar refractivity (Wildman–Crippen MR) is 213 cm³/mol. The van der Waals surface area contributed by atoms with Crippen LogP contribution in [-0.2, 0) is 0 Å². The maximum absolute atomic E-state index is 2.51. The van der Waals surface area contributed by atoms with Crippen LogP contribution in [-0.4, -0.2) is 9.13 Å². The largest absolute Gasteiger partial charge is 0.312 e. The lowest BCUT2D eigenvalue weighted by Crippen LogP contribution is -2.00. The summed E-state index contributed by atoms with van der Waals surface area (Å²) < 4.78 is 4.96. The number of hydrogen-bond donors (Lipinski definition) is 0. The smallest absolute Gasteiger partial charge is 0.0616 e. The second-order valence-corrected chi connectivity index (χ2v) is 13.3. The van der Waals surface area contributed by atoms with Crippen molar-refractivity contribution in [1.82, 2.24) is 9.13 Å². The van der Waals surface area contributed by atoms with Crippen LogP contribution in [0.2, 0.25) is 0 Å². The number of benzene rings is 7. The fourth-order valence-corrected chi connectivity index (χ4v) is 8.08. The summed E-state index contributed by atoms with van der Waals surface area (Å²) in [5.74, 6) is 0. The second-order valence-electron chi connectivity index (χ2n) is 13.3. The van der Waals surface area contributed by atoms with Crippen LogP contribution in [0.5, 0.6) is 0 Å². The third-order valence-electron chi connectivity index (χ3n) is 10.3. The highest BCUT2D eigenvalue weighted by Gasteiger charge is 2.20. The molecular weight excluding hydrogens is 605 g/mol. The van der Waals surface area contributed by atoms with Crippen LogP contribution in [0.1, 0.15) is 12.8 Å². The summed E-state index contributed by atoms with van der Waals surface area (Å²) in [4.78, 5) is 0. The Bertz CT molecular complexity index is 2730. The maximum Gasteiger partial charge on any atom is 0.0616 e. The first kappa shape index (κ1) is 28.6. The Morgan fingerprint density at radius 1 is 0.400 bits per heavy atom. The normalized spacial score (nSPS) is 13.1. The van der Waals surface area contributed by atoms with Gasteiger partial charge in [0.05, 0.1) is 22.1 Å². The number of aromatic nitrogens is 2. The molecule has 0 aliphatic heterocycles. The van der Waals surface area contributed by atoms with Gasteiger partial charge in [-0.3, -0.25) is 0 Å². The molecule has 236 valence electrons. The molecule has 9 aromatic rings. The Morgan fingerprint density at radius 3 is 1.68 bits per heavy atom. The molecule has 50 heavy (non-hydrogen) atoms. The average molecular weight is 639 g/mol. The second kappa shape index (κ2) is 11.6. The minimum absolute atomic E-state index is 1.03. The molecular formula is C48H34N2. The van der Waals surface area contributed by atoms with Crippen molar-refractivity contribution in [1.29, 1.82) is 0 Å². The third-order valence-corrected chi connectivity index (χ3v) is 10.3. The molecule has 2 heterocycles. The zero-order valence-electron chi connectivity index (χ0n) is 27.6. The standard InChI is InChI=1S/C48H34N2/c1-4-15-33(16-5-1)36-29-37(34-17-6-2-7-18-34)31-39(30-36)49-45-25-12-11-22-42(45)44-32-35(27-28-47(44)49)40-23-14-24-43-41-21-10-13-26-46(41)50(48(40)43)38-19-8-3-9-20-38/h1-8,10-19,21-32H,9,20H2. The number of allylic oxidation sites excluding steroid dienone is 4. The van der Waals surface area contributed by atoms with E-state index in [2.05, 4.69) is 191 Å². The fourth-order valence-electron chi connectivity index (χ4n) is 8.08. The maximum atomic E-state index is 2.51. The zero-order chi connectivity index (χ0) is 33.0. The van der Waals surface area contributed by atoms with E-state index in [0.29, 0.717) is 0 Å². The molecule has 0 saturated carbocycles. The highest BCUT2D eigenvalue weighted by Crippen LogP contribution is 2.42. The number of rotatable bonds is 5. The van der Waals surface area contributed by atoms with Gasteiger partial charge in [-0.05, 0) is 89.2 Å². The van der Waals surface area contributed by atoms with Crippen molar-refractivity contribution in [3.05, 3.63) is 182 Å². The molecule has 0 saturated heterocycles. The lowest BCUT2D eigenvalue weighted by atomic mass is 9.98. The fraction of sp³-hybridized carbons (Fsp3) is 0.0417. The molecule has 0 radical (unpaired) electrons. The van der Waals surface area contributed by atoms with Crippen molar-refractivity contribution < 1.29 is 0 Å². The van der Waals surface area contributed by atoms with Gasteiger partial charge in [-0.2, -0.15) is 0 Å². The highest BCUT2D eigenvalue weighted by atomic mass is 15.0. The van der Waals surface area contributed by atoms with E-state index in [1.165, 1.54) is 82.7 Å². The number of fused-ring (bicyclic) bond motifs is 6. The lowest BCUT2D eigenvalue weighted by Gasteiger charge is -2.16. The molecule has 2 aromatic heterocycles. The van der Waals surface area contributed by atoms with E-state index in [-0.39, 0.29) is 0 Å². The summed E-state index contributed by atoms with van der Waals surface area (Å²) >= 11 is 0. The van der Waals surface area contributed by atoms with Crippen LogP contribution in [0.4, 0.5) is 0 Å². The lowest BCUT2D eigenvalue weighted by molar-refractivity contribution is 0.979. The van der Waals surface area contributed by atoms with E-state index in [1.54, 1.807) is 0 Å². The van der Waals surface area contributed by atoms with Crippen LogP contribution >= 0.6 is 0 Å². The molecule has 7 aromatic carbocycles. The molecule has 0 unspecified atom stereocenters. The molecule has 0 fully saturated rings. The minimum Gasteiger partial charge on any atom is -0.312 e. The van der Waals surface area contributed by atoms with Crippen LogP contribution in [0.15, 0.2) is 182 Å². The van der Waals surface area contributed by atoms with Gasteiger partial charge >= 0.3 is 0 Å². The molecule has 1 aliphatic rings. The van der Waals surface area contributed by atoms with Gasteiger partial charge in [0.1, 0.15) is 0 Å². The SMILES string of the molecule is C1=CCCC(n2c3ccccc3c3cccc(-c4ccc5c(c4)c4ccccc4n5-c4cc(-c5ccccc5)cc(-c5ccccc5)c4)c32)=C1. The molecule has 0 bridgehead atoms. The van der Waals surface area contributed by atoms with E-state index in [9.17, 15) is 0 Å². The van der Waals surface area contributed by atoms with E-state index in [4.69, 9.17) is 0 Å². The monoisotopic (exact) mass is 638 g/mol. The Labute approximate surface area is 291 Å². The average Bonchev–Trinajstić information content (AvgIpc) is 3.71. The third kappa shape index (κ3) is 4.57. The van der Waals surface area contributed by atoms with Crippen molar-refractivity contribution >= 4 is 49.3 Å². The first-order valence-corrected chi connectivity index (χ1v) is 17.5. The molecule has 10 rings (SSSR count). The highest BCUT2D eigenvalue weighted by molar-refractivity contribution is 6.16. The number of nitrogens with zero attached hydrogens (tertiary/aromatic N) is 2. The van der Waals surface area contributed by atoms with Gasteiger partial charge in [-0.15, -0.1) is 0 Å². The predicted octanol–water partition coefficient (Wildman–Crippen LogP) is 13.1. The van der Waals surface area contributed by atoms with Gasteiger partial charge in [0.15, 0.2) is 0 Å². The van der Waals surface area contributed by atoms with Gasteiger partial charge < -0.3 is 9.13 Å². The molecule has 1 aliphatic carbocycles. The Morgan fingerprint density at radius 2 is 1.00 bits per heavy atom. The number of para-hydroxylation sites is 3. The van der Waals surface area contributed by atoms with Crippen molar-refractivity contribution in [2.45, 2.75) is 12.8 Å². The number of hydrogen-bond acceptors (Lipinski definition) is 0. The van der Waals surface area contributed by atoms with Crippen LogP contribution < -0.4 is 0 Å². The molecule has 2 heteroatoms. The topological polar surface area (TPSA) is 9.86 Å². The molecule has 0 atom stereocenters. The van der Waals surface area contributed by atoms with Crippen LogP contribution in [0, 0.1) is 0 Å². The summed E-state index contributed by atoms with van der Waals surface area (Å²) in [5.41, 5.74) is 14.8. The molecule has 0 N–H and O–H groups in total. The van der Waals surface area contributed by atoms with Crippen molar-refractivity contribution in [2.24, 2.45) is 0 Å². The van der Waals surface area contributed by atoms with Crippen LogP contribution in [0.3, 0.4) is 0 Å². The van der Waals surface area contributed by atoms with Gasteiger partial charge in [0, 0.05) is 38.5 Å². The van der Waals surface area contributed by atoms with Crippen molar-refractivity contribution in [3.63, 3.8) is 0 Å². The molecule has 0 amide bonds. The van der Waals surface area contributed by atoms with E-state index < -0.39 is 0 Å². The minimum atomic E-state index is 1.03. The Kier molecular flexibility index (Phi) is 6.67. The first-order valence-electron chi connectivity index (χ1n) is 17.5. The molecule has 2 nitrogen and oxygen atoms in total. The summed E-state index contributed by atoms with van der Waals surface area (Å²) in [6.45, 7) is 0. The summed E-state index contributed by atoms with van der Waals surface area (Å²) in [6, 6.07) is 60.0. The quantitative estimate of drug-likeness (QED) is 0.178. The van der Waals surface area contributed by atoms with E-state index in [0.717, 1.165) is 18.5 Å². The Balaban J connectivity index is 1.23. The van der Waals surface area contributed by atoms with Crippen molar-refractivity contribution in [3.8, 4) is 39.1 Å². The van der Waals surface area contributed by atoms with Gasteiger partial charge in [-0.25, -0.2) is 0 Å². The summed E-state index contributed by atoms with van der Waals surface area (Å²) in [7, 11) is 0. The van der Waals surface area contributed by atoms with E-state index >= 15 is 0 Å². The summed E-state index contributed by atoms with van der Waals surface area (Å²) in [6.07, 6.45) is 8.85. The van der Waals surface area contributed by atoms with Gasteiger partial charge in [-0.1, -0.05) is 133 Å². The van der Waals surface area contributed by atoms with Gasteiger partial charge in [0.2, 0.25) is 0 Å². The first-order chi connectivity index (χ1) is 24.8. The van der Waals surface area contributed by atoms with Gasteiger partial charge in [0.25, 0.3) is 0 Å². The summed E-state index contributed by atoms with van der Waals surface area (Å²) in [5, 5.41) is 5.10.